The molecule has 1 fully saturated rings. The van der Waals surface area contributed by atoms with Crippen LogP contribution in [0.15, 0.2) is 24.3 Å². The van der Waals surface area contributed by atoms with Gasteiger partial charge in [-0.2, -0.15) is 0 Å². The average Bonchev–Trinajstić information content (AvgIpc) is 2.33. The highest BCUT2D eigenvalue weighted by Crippen LogP contribution is 2.39. The van der Waals surface area contributed by atoms with Crippen LogP contribution in [0.2, 0.25) is 0 Å². The zero-order valence-corrected chi connectivity index (χ0v) is 11.6. The number of hydrogen-bond donors (Lipinski definition) is 0. The van der Waals surface area contributed by atoms with E-state index in [4.69, 9.17) is 4.74 Å². The Morgan fingerprint density at radius 3 is 2.79 bits per heavy atom. The van der Waals surface area contributed by atoms with E-state index in [0.717, 1.165) is 38.7 Å². The molecule has 0 aromatic heterocycles. The molecule has 1 unspecified atom stereocenters. The van der Waals surface area contributed by atoms with Gasteiger partial charge in [0, 0.05) is 19.4 Å². The molecule has 0 N–H and O–H groups in total. The van der Waals surface area contributed by atoms with E-state index < -0.39 is 0 Å². The van der Waals surface area contributed by atoms with Gasteiger partial charge in [0.2, 0.25) is 0 Å². The van der Waals surface area contributed by atoms with E-state index in [1.54, 1.807) is 0 Å². The lowest BCUT2D eigenvalue weighted by Crippen LogP contribution is -2.33. The van der Waals surface area contributed by atoms with E-state index >= 15 is 0 Å². The first-order valence-corrected chi connectivity index (χ1v) is 7.47. The monoisotopic (exact) mass is 258 g/mol. The maximum absolute atomic E-state index is 12.1. The van der Waals surface area contributed by atoms with Crippen LogP contribution in [0.1, 0.15) is 49.7 Å². The van der Waals surface area contributed by atoms with Crippen molar-refractivity contribution in [2.75, 3.05) is 6.61 Å². The van der Waals surface area contributed by atoms with Crippen LogP contribution in [-0.2, 0) is 16.0 Å². The minimum atomic E-state index is 0.423. The Morgan fingerprint density at radius 1 is 1.26 bits per heavy atom. The number of hydrogen-bond acceptors (Lipinski definition) is 2. The molecule has 0 heterocycles. The number of carbonyl (C=O) groups is 1. The second kappa shape index (κ2) is 5.46. The van der Waals surface area contributed by atoms with Crippen molar-refractivity contribution in [1.29, 1.82) is 0 Å². The molecule has 0 radical (unpaired) electrons. The molecule has 0 spiro atoms. The highest BCUT2D eigenvalue weighted by atomic mass is 16.5. The van der Waals surface area contributed by atoms with E-state index in [2.05, 4.69) is 24.3 Å². The molecule has 2 aliphatic carbocycles. The molecule has 2 aliphatic rings. The van der Waals surface area contributed by atoms with Gasteiger partial charge in [0.05, 0.1) is 6.10 Å². The van der Waals surface area contributed by atoms with E-state index in [9.17, 15) is 4.79 Å². The molecule has 3 rings (SSSR count). The van der Waals surface area contributed by atoms with Crippen LogP contribution < -0.4 is 0 Å². The summed E-state index contributed by atoms with van der Waals surface area (Å²) in [5.41, 5.74) is 2.83. The van der Waals surface area contributed by atoms with Gasteiger partial charge in [-0.25, -0.2) is 0 Å². The average molecular weight is 258 g/mol. The first-order valence-electron chi connectivity index (χ1n) is 7.47. The van der Waals surface area contributed by atoms with Crippen LogP contribution in [0, 0.1) is 5.92 Å². The molecule has 0 amide bonds. The standard InChI is InChI=1S/C17H22O2/c1-2-19-16-8-12(9-16)7-15(18)11-14-10-13-5-3-4-6-17(13)14/h3-6,12,14,16H,2,7-11H2,1H3. The highest BCUT2D eigenvalue weighted by Gasteiger charge is 2.33. The SMILES string of the molecule is CCOC1CC(CC(=O)CC2Cc3ccccc32)C1. The topological polar surface area (TPSA) is 26.3 Å². The fourth-order valence-electron chi connectivity index (χ4n) is 3.44. The van der Waals surface area contributed by atoms with Gasteiger partial charge in [-0.1, -0.05) is 24.3 Å². The zero-order chi connectivity index (χ0) is 13.2. The van der Waals surface area contributed by atoms with Gasteiger partial charge in [0.25, 0.3) is 0 Å². The molecule has 2 heteroatoms. The van der Waals surface area contributed by atoms with Gasteiger partial charge in [-0.3, -0.25) is 4.79 Å². The molecule has 2 nitrogen and oxygen atoms in total. The predicted molar refractivity (Wildman–Crippen MR) is 75.3 cm³/mol. The summed E-state index contributed by atoms with van der Waals surface area (Å²) >= 11 is 0. The second-order valence-corrected chi connectivity index (χ2v) is 5.96. The van der Waals surface area contributed by atoms with Crippen LogP contribution in [0.3, 0.4) is 0 Å². The second-order valence-electron chi connectivity index (χ2n) is 5.96. The number of Topliss-reactive ketones (excluding diaryl/α,β-unsaturated/α-hetero) is 1. The van der Waals surface area contributed by atoms with E-state index in [1.165, 1.54) is 11.1 Å². The lowest BCUT2D eigenvalue weighted by molar-refractivity contribution is -0.122. The molecular formula is C17H22O2. The van der Waals surface area contributed by atoms with Crippen molar-refractivity contribution in [3.05, 3.63) is 35.4 Å². The molecule has 102 valence electrons. The number of fused-ring (bicyclic) bond motifs is 1. The molecule has 1 atom stereocenters. The van der Waals surface area contributed by atoms with Crippen LogP contribution in [0.5, 0.6) is 0 Å². The van der Waals surface area contributed by atoms with Crippen molar-refractivity contribution in [3.8, 4) is 0 Å². The van der Waals surface area contributed by atoms with Gasteiger partial charge >= 0.3 is 0 Å². The Hall–Kier alpha value is -1.15. The first kappa shape index (κ1) is 12.9. The summed E-state index contributed by atoms with van der Waals surface area (Å²) in [4.78, 5) is 12.1. The fourth-order valence-corrected chi connectivity index (χ4v) is 3.44. The largest absolute Gasteiger partial charge is 0.378 e. The van der Waals surface area contributed by atoms with Crippen LogP contribution in [0.4, 0.5) is 0 Å². The number of benzene rings is 1. The number of rotatable bonds is 6. The first-order chi connectivity index (χ1) is 9.26. The third-order valence-corrected chi connectivity index (χ3v) is 4.55. The van der Waals surface area contributed by atoms with Crippen LogP contribution in [-0.4, -0.2) is 18.5 Å². The fraction of sp³-hybridized carbons (Fsp3) is 0.588. The quantitative estimate of drug-likeness (QED) is 0.780. The van der Waals surface area contributed by atoms with Gasteiger partial charge in [0.15, 0.2) is 0 Å². The van der Waals surface area contributed by atoms with Crippen molar-refractivity contribution >= 4 is 5.78 Å². The van der Waals surface area contributed by atoms with Crippen molar-refractivity contribution < 1.29 is 9.53 Å². The summed E-state index contributed by atoms with van der Waals surface area (Å²) in [6.45, 7) is 2.83. The minimum absolute atomic E-state index is 0.423. The summed E-state index contributed by atoms with van der Waals surface area (Å²) in [5, 5.41) is 0. The van der Waals surface area contributed by atoms with Crippen molar-refractivity contribution in [3.63, 3.8) is 0 Å². The molecule has 0 aliphatic heterocycles. The van der Waals surface area contributed by atoms with Gasteiger partial charge in [-0.15, -0.1) is 0 Å². The summed E-state index contributed by atoms with van der Waals surface area (Å²) < 4.78 is 5.54. The number of ether oxygens (including phenoxy) is 1. The molecular weight excluding hydrogens is 236 g/mol. The third kappa shape index (κ3) is 2.74. The number of carbonyl (C=O) groups excluding carboxylic acids is 1. The molecule has 19 heavy (non-hydrogen) atoms. The summed E-state index contributed by atoms with van der Waals surface area (Å²) in [6, 6.07) is 8.51. The maximum atomic E-state index is 12.1. The number of ketones is 1. The van der Waals surface area contributed by atoms with Gasteiger partial charge < -0.3 is 4.74 Å². The minimum Gasteiger partial charge on any atom is -0.378 e. The highest BCUT2D eigenvalue weighted by molar-refractivity contribution is 5.80. The van der Waals surface area contributed by atoms with Crippen molar-refractivity contribution in [2.24, 2.45) is 5.92 Å². The Morgan fingerprint density at radius 2 is 2.05 bits per heavy atom. The molecule has 0 saturated heterocycles. The van der Waals surface area contributed by atoms with Crippen molar-refractivity contribution in [2.45, 2.75) is 51.0 Å². The summed E-state index contributed by atoms with van der Waals surface area (Å²) in [5.74, 6) is 1.52. The smallest absolute Gasteiger partial charge is 0.133 e. The predicted octanol–water partition coefficient (Wildman–Crippen LogP) is 3.49. The molecule has 1 aromatic rings. The van der Waals surface area contributed by atoms with E-state index in [-0.39, 0.29) is 0 Å². The van der Waals surface area contributed by atoms with Gasteiger partial charge in [0.1, 0.15) is 5.78 Å². The van der Waals surface area contributed by atoms with Crippen LogP contribution >= 0.6 is 0 Å². The Kier molecular flexibility index (Phi) is 3.69. The molecule has 1 aromatic carbocycles. The lowest BCUT2D eigenvalue weighted by Gasteiger charge is -2.35. The normalized spacial score (nSPS) is 28.2. The maximum Gasteiger partial charge on any atom is 0.133 e. The van der Waals surface area contributed by atoms with Crippen LogP contribution in [0.25, 0.3) is 0 Å². The third-order valence-electron chi connectivity index (χ3n) is 4.55. The van der Waals surface area contributed by atoms with E-state index in [1.807, 2.05) is 6.92 Å². The van der Waals surface area contributed by atoms with Gasteiger partial charge in [-0.05, 0) is 49.1 Å². The Balaban J connectivity index is 1.42. The lowest BCUT2D eigenvalue weighted by atomic mass is 9.73. The molecule has 1 saturated carbocycles. The Labute approximate surface area is 115 Å². The molecule has 0 bridgehead atoms. The van der Waals surface area contributed by atoms with E-state index in [0.29, 0.717) is 23.7 Å². The summed E-state index contributed by atoms with van der Waals surface area (Å²) in [7, 11) is 0. The Bertz CT molecular complexity index is 460. The zero-order valence-electron chi connectivity index (χ0n) is 11.6. The van der Waals surface area contributed by atoms with Crippen molar-refractivity contribution in [1.82, 2.24) is 0 Å². The summed E-state index contributed by atoms with van der Waals surface area (Å²) in [6.07, 6.45) is 5.19.